The molecule has 1 atom stereocenters. The maximum absolute atomic E-state index is 11.9. The maximum atomic E-state index is 11.9. The van der Waals surface area contributed by atoms with Crippen molar-refractivity contribution in [1.82, 2.24) is 0 Å². The molecule has 1 aromatic carbocycles. The minimum absolute atomic E-state index is 0.374. The molecule has 0 spiro atoms. The first-order valence-corrected chi connectivity index (χ1v) is 7.97. The van der Waals surface area contributed by atoms with Gasteiger partial charge in [-0.2, -0.15) is 0 Å². The zero-order chi connectivity index (χ0) is 16.5. The van der Waals surface area contributed by atoms with Gasteiger partial charge in [0.25, 0.3) is 0 Å². The van der Waals surface area contributed by atoms with Crippen molar-refractivity contribution in [3.8, 4) is 0 Å². The van der Waals surface area contributed by atoms with Crippen molar-refractivity contribution >= 4 is 18.6 Å². The SMILES string of the molecule is C=c1cccc/c1=C/C(=CC(C)CC)/C(=C\CCC)C(N)=O. The number of carbonyl (C=O) groups is 1. The predicted octanol–water partition coefficient (Wildman–Crippen LogP) is 3.06. The number of hydrogen-bond acceptors (Lipinski definition) is 1. The second-order valence-corrected chi connectivity index (χ2v) is 5.62. The minimum atomic E-state index is -0.374. The summed E-state index contributed by atoms with van der Waals surface area (Å²) in [5.41, 5.74) is 7.10. The minimum Gasteiger partial charge on any atom is -0.366 e. The Hall–Kier alpha value is -2.09. The molecule has 22 heavy (non-hydrogen) atoms. The van der Waals surface area contributed by atoms with E-state index in [1.165, 1.54) is 0 Å². The van der Waals surface area contributed by atoms with Gasteiger partial charge >= 0.3 is 0 Å². The predicted molar refractivity (Wildman–Crippen MR) is 95.4 cm³/mol. The first-order valence-electron chi connectivity index (χ1n) is 7.97. The van der Waals surface area contributed by atoms with E-state index in [2.05, 4.69) is 33.4 Å². The average molecular weight is 297 g/mol. The lowest BCUT2D eigenvalue weighted by atomic mass is 9.96. The lowest BCUT2D eigenvalue weighted by Gasteiger charge is -2.09. The molecular weight excluding hydrogens is 270 g/mol. The number of benzene rings is 1. The topological polar surface area (TPSA) is 43.1 Å². The van der Waals surface area contributed by atoms with E-state index in [0.29, 0.717) is 11.5 Å². The van der Waals surface area contributed by atoms with Crippen LogP contribution in [0.25, 0.3) is 12.7 Å². The summed E-state index contributed by atoms with van der Waals surface area (Å²) in [5, 5.41) is 1.96. The fourth-order valence-electron chi connectivity index (χ4n) is 2.13. The van der Waals surface area contributed by atoms with Gasteiger partial charge in [0.2, 0.25) is 5.91 Å². The summed E-state index contributed by atoms with van der Waals surface area (Å²) in [5.74, 6) is 0.00778. The molecule has 1 unspecified atom stereocenters. The van der Waals surface area contributed by atoms with E-state index in [4.69, 9.17) is 5.73 Å². The maximum Gasteiger partial charge on any atom is 0.248 e. The van der Waals surface area contributed by atoms with Gasteiger partial charge in [-0.25, -0.2) is 0 Å². The highest BCUT2D eigenvalue weighted by molar-refractivity contribution is 5.99. The summed E-state index contributed by atoms with van der Waals surface area (Å²) in [6, 6.07) is 7.90. The van der Waals surface area contributed by atoms with Crippen LogP contribution >= 0.6 is 0 Å². The zero-order valence-corrected chi connectivity index (χ0v) is 13.9. The molecule has 1 aromatic rings. The Morgan fingerprint density at radius 1 is 1.32 bits per heavy atom. The Morgan fingerprint density at radius 3 is 2.55 bits per heavy atom. The van der Waals surface area contributed by atoms with E-state index in [-0.39, 0.29) is 5.91 Å². The van der Waals surface area contributed by atoms with Gasteiger partial charge in [-0.05, 0) is 34.4 Å². The van der Waals surface area contributed by atoms with Crippen molar-refractivity contribution in [2.75, 3.05) is 0 Å². The van der Waals surface area contributed by atoms with E-state index in [9.17, 15) is 4.79 Å². The van der Waals surface area contributed by atoms with Crippen LogP contribution in [0.2, 0.25) is 0 Å². The first-order chi connectivity index (χ1) is 10.5. The molecule has 0 saturated heterocycles. The largest absolute Gasteiger partial charge is 0.366 e. The van der Waals surface area contributed by atoms with Gasteiger partial charge in [-0.1, -0.05) is 76.6 Å². The molecule has 0 fully saturated rings. The van der Waals surface area contributed by atoms with Crippen LogP contribution in [0.15, 0.2) is 47.6 Å². The summed E-state index contributed by atoms with van der Waals surface area (Å²) < 4.78 is 0. The van der Waals surface area contributed by atoms with Crippen LogP contribution in [-0.4, -0.2) is 5.91 Å². The monoisotopic (exact) mass is 297 g/mol. The molecule has 2 nitrogen and oxygen atoms in total. The normalized spacial score (nSPS) is 15.0. The van der Waals surface area contributed by atoms with Crippen LogP contribution in [0.4, 0.5) is 0 Å². The lowest BCUT2D eigenvalue weighted by molar-refractivity contribution is -0.114. The van der Waals surface area contributed by atoms with Gasteiger partial charge in [-0.15, -0.1) is 0 Å². The molecule has 0 aromatic heterocycles. The molecule has 0 aliphatic rings. The van der Waals surface area contributed by atoms with Crippen molar-refractivity contribution in [3.63, 3.8) is 0 Å². The van der Waals surface area contributed by atoms with E-state index in [1.54, 1.807) is 0 Å². The van der Waals surface area contributed by atoms with E-state index < -0.39 is 0 Å². The van der Waals surface area contributed by atoms with Gasteiger partial charge in [-0.3, -0.25) is 4.79 Å². The quantitative estimate of drug-likeness (QED) is 0.610. The van der Waals surface area contributed by atoms with Crippen molar-refractivity contribution in [2.24, 2.45) is 11.7 Å². The van der Waals surface area contributed by atoms with Crippen LogP contribution in [-0.2, 0) is 4.79 Å². The highest BCUT2D eigenvalue weighted by Crippen LogP contribution is 2.17. The molecule has 0 saturated carbocycles. The molecular formula is C20H27NO. The van der Waals surface area contributed by atoms with Gasteiger partial charge in [0, 0.05) is 5.57 Å². The number of nitrogens with two attached hydrogens (primary N) is 1. The summed E-state index contributed by atoms with van der Waals surface area (Å²) in [6.45, 7) is 10.4. The molecule has 2 N–H and O–H groups in total. The molecule has 1 amide bonds. The second-order valence-electron chi connectivity index (χ2n) is 5.62. The summed E-state index contributed by atoms with van der Waals surface area (Å²) in [6.07, 6.45) is 8.93. The lowest BCUT2D eigenvalue weighted by Crippen LogP contribution is -2.23. The number of amides is 1. The molecule has 1 rings (SSSR count). The molecule has 118 valence electrons. The van der Waals surface area contributed by atoms with Crippen LogP contribution in [0, 0.1) is 5.92 Å². The average Bonchev–Trinajstić information content (AvgIpc) is 2.49. The van der Waals surface area contributed by atoms with Crippen LogP contribution in [0.5, 0.6) is 0 Å². The fraction of sp³-hybridized carbons (Fsp3) is 0.350. The number of allylic oxidation sites excluding steroid dienone is 2. The van der Waals surface area contributed by atoms with Crippen LogP contribution < -0.4 is 16.2 Å². The highest BCUT2D eigenvalue weighted by atomic mass is 16.1. The Kier molecular flexibility index (Phi) is 7.38. The Bertz CT molecular complexity index is 667. The Balaban J connectivity index is 3.46. The van der Waals surface area contributed by atoms with Crippen molar-refractivity contribution in [3.05, 3.63) is 58.0 Å². The third-order valence-corrected chi connectivity index (χ3v) is 3.69. The molecule has 0 bridgehead atoms. The highest BCUT2D eigenvalue weighted by Gasteiger charge is 2.10. The first kappa shape index (κ1) is 18.0. The van der Waals surface area contributed by atoms with E-state index >= 15 is 0 Å². The van der Waals surface area contributed by atoms with Crippen LogP contribution in [0.3, 0.4) is 0 Å². The number of rotatable bonds is 7. The molecule has 0 aliphatic carbocycles. The second kappa shape index (κ2) is 9.04. The number of carbonyl (C=O) groups excluding carboxylic acids is 1. The summed E-state index contributed by atoms with van der Waals surface area (Å²) >= 11 is 0. The van der Waals surface area contributed by atoms with Gasteiger partial charge in [0.15, 0.2) is 0 Å². The van der Waals surface area contributed by atoms with Gasteiger partial charge < -0.3 is 5.73 Å². The molecule has 0 radical (unpaired) electrons. The van der Waals surface area contributed by atoms with Gasteiger partial charge in [0.05, 0.1) is 0 Å². The number of unbranched alkanes of at least 4 members (excludes halogenated alkanes) is 1. The summed E-state index contributed by atoms with van der Waals surface area (Å²) in [4.78, 5) is 11.9. The van der Waals surface area contributed by atoms with Crippen molar-refractivity contribution in [2.45, 2.75) is 40.0 Å². The Morgan fingerprint density at radius 2 is 2.00 bits per heavy atom. The third-order valence-electron chi connectivity index (χ3n) is 3.69. The third kappa shape index (κ3) is 5.36. The standard InChI is InChI=1S/C20H27NO/c1-5-7-12-19(20(21)22)18(13-15(3)6-2)14-17-11-9-8-10-16(17)4/h8-15H,4-7H2,1-3H3,(H2,21,22)/b17-14-,18-13?,19-12+. The summed E-state index contributed by atoms with van der Waals surface area (Å²) in [7, 11) is 0. The molecule has 0 aliphatic heterocycles. The van der Waals surface area contributed by atoms with Crippen molar-refractivity contribution in [1.29, 1.82) is 0 Å². The van der Waals surface area contributed by atoms with E-state index in [0.717, 1.165) is 35.3 Å². The van der Waals surface area contributed by atoms with Crippen LogP contribution in [0.1, 0.15) is 40.0 Å². The molecule has 2 heteroatoms. The van der Waals surface area contributed by atoms with E-state index in [1.807, 2.05) is 36.4 Å². The smallest absolute Gasteiger partial charge is 0.248 e. The van der Waals surface area contributed by atoms with Crippen molar-refractivity contribution < 1.29 is 4.79 Å². The van der Waals surface area contributed by atoms with Gasteiger partial charge in [0.1, 0.15) is 0 Å². The number of primary amides is 1. The zero-order valence-electron chi connectivity index (χ0n) is 13.9. The number of hydrogen-bond donors (Lipinski definition) is 1. The molecule has 0 heterocycles. The fourth-order valence-corrected chi connectivity index (χ4v) is 2.13. The Labute approximate surface area is 133 Å².